The van der Waals surface area contributed by atoms with Crippen LogP contribution in [0.4, 0.5) is 5.95 Å². The molecule has 2 unspecified atom stereocenters. The second-order valence-corrected chi connectivity index (χ2v) is 7.14. The van der Waals surface area contributed by atoms with E-state index in [-0.39, 0.29) is 6.04 Å². The lowest BCUT2D eigenvalue weighted by Gasteiger charge is -2.30. The van der Waals surface area contributed by atoms with E-state index in [0.717, 1.165) is 36.4 Å². The zero-order valence-corrected chi connectivity index (χ0v) is 14.8. The molecule has 0 spiro atoms. The molecule has 4 heteroatoms. The van der Waals surface area contributed by atoms with E-state index in [4.69, 9.17) is 10.7 Å². The minimum Gasteiger partial charge on any atom is -0.351 e. The van der Waals surface area contributed by atoms with Gasteiger partial charge in [-0.3, -0.25) is 0 Å². The molecule has 1 saturated carbocycles. The number of anilines is 1. The second-order valence-electron chi connectivity index (χ2n) is 7.14. The molecule has 3 N–H and O–H groups in total. The van der Waals surface area contributed by atoms with Crippen LogP contribution in [0.15, 0.2) is 48.5 Å². The van der Waals surface area contributed by atoms with Crippen molar-refractivity contribution < 1.29 is 0 Å². The van der Waals surface area contributed by atoms with E-state index >= 15 is 0 Å². The molecule has 1 aliphatic carbocycles. The summed E-state index contributed by atoms with van der Waals surface area (Å²) in [4.78, 5) is 4.86. The molecule has 130 valence electrons. The summed E-state index contributed by atoms with van der Waals surface area (Å²) in [7, 11) is 0. The van der Waals surface area contributed by atoms with E-state index in [9.17, 15) is 0 Å². The smallest absolute Gasteiger partial charge is 0.204 e. The molecule has 1 heterocycles. The number of para-hydroxylation sites is 2. The van der Waals surface area contributed by atoms with Crippen molar-refractivity contribution in [1.82, 2.24) is 9.55 Å². The predicted molar refractivity (Wildman–Crippen MR) is 104 cm³/mol. The van der Waals surface area contributed by atoms with Crippen molar-refractivity contribution in [2.24, 2.45) is 5.73 Å². The Morgan fingerprint density at radius 1 is 1.08 bits per heavy atom. The number of rotatable bonds is 4. The first-order chi connectivity index (χ1) is 12.2. The first kappa shape index (κ1) is 16.2. The van der Waals surface area contributed by atoms with Crippen molar-refractivity contribution in [3.8, 4) is 0 Å². The zero-order chi connectivity index (χ0) is 17.2. The van der Waals surface area contributed by atoms with Gasteiger partial charge in [0.1, 0.15) is 0 Å². The van der Waals surface area contributed by atoms with Gasteiger partial charge in [-0.2, -0.15) is 0 Å². The van der Waals surface area contributed by atoms with Gasteiger partial charge >= 0.3 is 0 Å². The highest BCUT2D eigenvalue weighted by molar-refractivity contribution is 5.78. The Hall–Kier alpha value is -2.33. The first-order valence-corrected chi connectivity index (χ1v) is 9.24. The van der Waals surface area contributed by atoms with E-state index in [2.05, 4.69) is 59.3 Å². The van der Waals surface area contributed by atoms with Gasteiger partial charge in [0.25, 0.3) is 0 Å². The van der Waals surface area contributed by atoms with E-state index in [1.54, 1.807) is 0 Å². The molecule has 0 aliphatic heterocycles. The van der Waals surface area contributed by atoms with Crippen LogP contribution in [0.1, 0.15) is 36.8 Å². The largest absolute Gasteiger partial charge is 0.351 e. The highest BCUT2D eigenvalue weighted by atomic mass is 15.2. The lowest BCUT2D eigenvalue weighted by molar-refractivity contribution is 0.401. The van der Waals surface area contributed by atoms with E-state index in [1.165, 1.54) is 24.0 Å². The summed E-state index contributed by atoms with van der Waals surface area (Å²) in [6, 6.07) is 17.4. The van der Waals surface area contributed by atoms with Crippen LogP contribution in [0.3, 0.4) is 0 Å². The third-order valence-electron chi connectivity index (χ3n) is 5.38. The van der Waals surface area contributed by atoms with Crippen LogP contribution in [-0.2, 0) is 6.54 Å². The molecule has 2 aromatic carbocycles. The highest BCUT2D eigenvalue weighted by Crippen LogP contribution is 2.25. The summed E-state index contributed by atoms with van der Waals surface area (Å²) in [5.74, 6) is 0.937. The monoisotopic (exact) mass is 334 g/mol. The van der Waals surface area contributed by atoms with Crippen LogP contribution >= 0.6 is 0 Å². The first-order valence-electron chi connectivity index (χ1n) is 9.24. The average Bonchev–Trinajstić information content (AvgIpc) is 2.96. The normalized spacial score (nSPS) is 20.7. The van der Waals surface area contributed by atoms with Crippen LogP contribution in [0.25, 0.3) is 11.0 Å². The summed E-state index contributed by atoms with van der Waals surface area (Å²) in [5, 5.41) is 3.66. The number of hydrogen-bond acceptors (Lipinski definition) is 3. The predicted octanol–water partition coefficient (Wildman–Crippen LogP) is 4.07. The summed E-state index contributed by atoms with van der Waals surface area (Å²) in [6.07, 6.45) is 4.69. The lowest BCUT2D eigenvalue weighted by atomic mass is 9.91. The summed E-state index contributed by atoms with van der Waals surface area (Å²) in [6.45, 7) is 2.98. The Kier molecular flexibility index (Phi) is 4.45. The van der Waals surface area contributed by atoms with Crippen LogP contribution < -0.4 is 11.1 Å². The number of imidazole rings is 1. The maximum absolute atomic E-state index is 6.35. The Bertz CT molecular complexity index is 867. The fourth-order valence-corrected chi connectivity index (χ4v) is 3.81. The molecule has 0 amide bonds. The van der Waals surface area contributed by atoms with Gasteiger partial charge in [0.2, 0.25) is 5.95 Å². The van der Waals surface area contributed by atoms with Crippen molar-refractivity contribution in [3.05, 3.63) is 59.7 Å². The molecule has 4 rings (SSSR count). The summed E-state index contributed by atoms with van der Waals surface area (Å²) < 4.78 is 2.29. The fourth-order valence-electron chi connectivity index (χ4n) is 3.81. The number of nitrogens with two attached hydrogens (primary N) is 1. The SMILES string of the molecule is Cc1ccccc1Cn1c(NC2CCCCC2N)nc2ccccc21. The molecule has 4 nitrogen and oxygen atoms in total. The Balaban J connectivity index is 1.72. The Morgan fingerprint density at radius 2 is 1.84 bits per heavy atom. The molecule has 0 radical (unpaired) electrons. The zero-order valence-electron chi connectivity index (χ0n) is 14.8. The van der Waals surface area contributed by atoms with Gasteiger partial charge in [0, 0.05) is 12.1 Å². The van der Waals surface area contributed by atoms with Gasteiger partial charge in [0.05, 0.1) is 17.6 Å². The number of fused-ring (bicyclic) bond motifs is 1. The van der Waals surface area contributed by atoms with Crippen molar-refractivity contribution in [2.45, 2.75) is 51.2 Å². The molecule has 1 fully saturated rings. The van der Waals surface area contributed by atoms with Crippen LogP contribution in [-0.4, -0.2) is 21.6 Å². The molecule has 0 saturated heterocycles. The molecule has 1 aliphatic rings. The number of aromatic nitrogens is 2. The second kappa shape index (κ2) is 6.89. The van der Waals surface area contributed by atoms with Crippen molar-refractivity contribution in [2.75, 3.05) is 5.32 Å². The molecule has 2 atom stereocenters. The van der Waals surface area contributed by atoms with Gasteiger partial charge in [-0.05, 0) is 43.0 Å². The van der Waals surface area contributed by atoms with Crippen molar-refractivity contribution >= 4 is 17.0 Å². The minimum atomic E-state index is 0.209. The van der Waals surface area contributed by atoms with E-state index in [1.807, 2.05) is 6.07 Å². The van der Waals surface area contributed by atoms with Crippen LogP contribution in [0, 0.1) is 6.92 Å². The fraction of sp³-hybridized carbons (Fsp3) is 0.381. The van der Waals surface area contributed by atoms with E-state index in [0.29, 0.717) is 6.04 Å². The number of hydrogen-bond donors (Lipinski definition) is 2. The molecule has 0 bridgehead atoms. The third kappa shape index (κ3) is 3.27. The molecule has 3 aromatic rings. The van der Waals surface area contributed by atoms with Gasteiger partial charge in [0.15, 0.2) is 0 Å². The van der Waals surface area contributed by atoms with Crippen LogP contribution in [0.5, 0.6) is 0 Å². The maximum atomic E-state index is 6.35. The van der Waals surface area contributed by atoms with Crippen molar-refractivity contribution in [1.29, 1.82) is 0 Å². The number of nitrogens with one attached hydrogen (secondary N) is 1. The topological polar surface area (TPSA) is 55.9 Å². The van der Waals surface area contributed by atoms with Gasteiger partial charge < -0.3 is 15.6 Å². The van der Waals surface area contributed by atoms with Gasteiger partial charge in [-0.1, -0.05) is 49.2 Å². The quantitative estimate of drug-likeness (QED) is 0.756. The minimum absolute atomic E-state index is 0.209. The standard InChI is InChI=1S/C21H26N4/c1-15-8-2-3-9-16(15)14-25-20-13-7-6-12-19(20)24-21(25)23-18-11-5-4-10-17(18)22/h2-3,6-9,12-13,17-18H,4-5,10-11,14,22H2,1H3,(H,23,24). The highest BCUT2D eigenvalue weighted by Gasteiger charge is 2.23. The van der Waals surface area contributed by atoms with Crippen molar-refractivity contribution in [3.63, 3.8) is 0 Å². The maximum Gasteiger partial charge on any atom is 0.204 e. The molecule has 25 heavy (non-hydrogen) atoms. The molecular weight excluding hydrogens is 308 g/mol. The lowest BCUT2D eigenvalue weighted by Crippen LogP contribution is -2.43. The molecule has 1 aromatic heterocycles. The Morgan fingerprint density at radius 3 is 2.68 bits per heavy atom. The summed E-state index contributed by atoms with van der Waals surface area (Å²) in [5.41, 5.74) is 11.2. The summed E-state index contributed by atoms with van der Waals surface area (Å²) >= 11 is 0. The number of benzene rings is 2. The number of nitrogens with zero attached hydrogens (tertiary/aromatic N) is 2. The Labute approximate surface area is 149 Å². The van der Waals surface area contributed by atoms with Gasteiger partial charge in [-0.15, -0.1) is 0 Å². The third-order valence-corrected chi connectivity index (χ3v) is 5.38. The average molecular weight is 334 g/mol. The van der Waals surface area contributed by atoms with Gasteiger partial charge in [-0.25, -0.2) is 4.98 Å². The molecular formula is C21H26N4. The van der Waals surface area contributed by atoms with E-state index < -0.39 is 0 Å². The van der Waals surface area contributed by atoms with Crippen LogP contribution in [0.2, 0.25) is 0 Å². The number of aryl methyl sites for hydroxylation is 1.